The van der Waals surface area contributed by atoms with Gasteiger partial charge in [0.05, 0.1) is 17.3 Å². The van der Waals surface area contributed by atoms with E-state index in [4.69, 9.17) is 0 Å². The maximum atomic E-state index is 12.4. The molecule has 134 valence electrons. The average molecular weight is 353 g/mol. The second-order valence-electron chi connectivity index (χ2n) is 6.66. The minimum atomic E-state index is -0.385. The predicted octanol–water partition coefficient (Wildman–Crippen LogP) is 1.81. The lowest BCUT2D eigenvalue weighted by molar-refractivity contribution is 0.0642. The molecule has 2 aliphatic rings. The first-order valence-corrected chi connectivity index (χ1v) is 8.50. The highest BCUT2D eigenvalue weighted by Crippen LogP contribution is 2.35. The summed E-state index contributed by atoms with van der Waals surface area (Å²) in [7, 11) is 1.84. The average Bonchev–Trinajstić information content (AvgIpc) is 3.35. The molecule has 2 aromatic rings. The third-order valence-corrected chi connectivity index (χ3v) is 4.86. The summed E-state index contributed by atoms with van der Waals surface area (Å²) < 4.78 is 1.74. The summed E-state index contributed by atoms with van der Waals surface area (Å²) in [5.74, 6) is -0.516. The molecule has 0 bridgehead atoms. The Morgan fingerprint density at radius 2 is 1.96 bits per heavy atom. The van der Waals surface area contributed by atoms with E-state index in [0.29, 0.717) is 23.4 Å². The van der Waals surface area contributed by atoms with Gasteiger partial charge in [0.2, 0.25) is 0 Å². The Morgan fingerprint density at radius 3 is 2.62 bits per heavy atom. The molecule has 1 fully saturated rings. The minimum absolute atomic E-state index is 0.0322. The van der Waals surface area contributed by atoms with Gasteiger partial charge in [-0.05, 0) is 38.0 Å². The first-order valence-electron chi connectivity index (χ1n) is 8.50. The number of rotatable bonds is 4. The van der Waals surface area contributed by atoms with Crippen LogP contribution in [0.1, 0.15) is 44.8 Å². The molecule has 0 atom stereocenters. The number of urea groups is 1. The standard InChI is InChI=1S/C18H19N5O3/c1-10-11(9-20-22(10)2)8-19-18(26)21-12-3-6-14-15(7-12)17(25)23(16(14)24)13-4-5-13/h3,6-7,9,13H,4-5,8H2,1-2H3,(H2,19,21,26). The van der Waals surface area contributed by atoms with Crippen molar-refractivity contribution >= 4 is 23.5 Å². The molecule has 1 aromatic heterocycles. The zero-order valence-electron chi connectivity index (χ0n) is 14.6. The molecule has 2 N–H and O–H groups in total. The van der Waals surface area contributed by atoms with E-state index in [-0.39, 0.29) is 23.9 Å². The second kappa shape index (κ2) is 5.98. The fourth-order valence-corrected chi connectivity index (χ4v) is 3.07. The van der Waals surface area contributed by atoms with E-state index in [0.717, 1.165) is 24.1 Å². The van der Waals surface area contributed by atoms with Gasteiger partial charge in [0, 0.05) is 36.6 Å². The van der Waals surface area contributed by atoms with Gasteiger partial charge < -0.3 is 10.6 Å². The van der Waals surface area contributed by atoms with Gasteiger partial charge in [0.15, 0.2) is 0 Å². The molecule has 1 aliphatic heterocycles. The quantitative estimate of drug-likeness (QED) is 0.819. The normalized spacial score (nSPS) is 16.0. The lowest BCUT2D eigenvalue weighted by atomic mass is 10.1. The number of nitrogens with zero attached hydrogens (tertiary/aromatic N) is 3. The summed E-state index contributed by atoms with van der Waals surface area (Å²) >= 11 is 0. The number of amides is 4. The number of hydrogen-bond donors (Lipinski definition) is 2. The molecule has 8 heteroatoms. The van der Waals surface area contributed by atoms with Crippen molar-refractivity contribution in [2.75, 3.05) is 5.32 Å². The van der Waals surface area contributed by atoms with Crippen LogP contribution in [0.25, 0.3) is 0 Å². The smallest absolute Gasteiger partial charge is 0.319 e. The maximum absolute atomic E-state index is 12.4. The number of carbonyl (C=O) groups is 3. The van der Waals surface area contributed by atoms with Crippen LogP contribution in [0, 0.1) is 6.92 Å². The maximum Gasteiger partial charge on any atom is 0.319 e. The Labute approximate surface area is 150 Å². The van der Waals surface area contributed by atoms with E-state index in [1.54, 1.807) is 29.1 Å². The van der Waals surface area contributed by atoms with Crippen LogP contribution in [0.15, 0.2) is 24.4 Å². The molecule has 1 saturated carbocycles. The molecule has 26 heavy (non-hydrogen) atoms. The van der Waals surface area contributed by atoms with Crippen molar-refractivity contribution in [3.8, 4) is 0 Å². The van der Waals surface area contributed by atoms with Gasteiger partial charge in [-0.2, -0.15) is 5.10 Å². The van der Waals surface area contributed by atoms with Gasteiger partial charge in [-0.15, -0.1) is 0 Å². The SMILES string of the molecule is Cc1c(CNC(=O)Nc2ccc3c(c2)C(=O)N(C2CC2)C3=O)cnn1C. The number of imide groups is 1. The number of aryl methyl sites for hydroxylation is 1. The number of fused-ring (bicyclic) bond motifs is 1. The molecule has 1 aromatic carbocycles. The van der Waals surface area contributed by atoms with Crippen molar-refractivity contribution in [3.63, 3.8) is 0 Å². The van der Waals surface area contributed by atoms with Crippen molar-refractivity contribution in [3.05, 3.63) is 46.8 Å². The highest BCUT2D eigenvalue weighted by molar-refractivity contribution is 6.22. The van der Waals surface area contributed by atoms with E-state index in [2.05, 4.69) is 15.7 Å². The van der Waals surface area contributed by atoms with Gasteiger partial charge in [-0.1, -0.05) is 0 Å². The van der Waals surface area contributed by atoms with Crippen molar-refractivity contribution < 1.29 is 14.4 Å². The zero-order valence-corrected chi connectivity index (χ0v) is 14.6. The van der Waals surface area contributed by atoms with E-state index >= 15 is 0 Å². The first kappa shape index (κ1) is 16.3. The summed E-state index contributed by atoms with van der Waals surface area (Å²) in [5, 5.41) is 9.59. The fourth-order valence-electron chi connectivity index (χ4n) is 3.07. The lowest BCUT2D eigenvalue weighted by Gasteiger charge is -2.11. The van der Waals surface area contributed by atoms with Crippen LogP contribution in [0.2, 0.25) is 0 Å². The summed E-state index contributed by atoms with van der Waals surface area (Å²) in [6.45, 7) is 2.28. The Kier molecular flexibility index (Phi) is 3.75. The van der Waals surface area contributed by atoms with Crippen LogP contribution < -0.4 is 10.6 Å². The van der Waals surface area contributed by atoms with Crippen molar-refractivity contribution in [1.82, 2.24) is 20.0 Å². The number of hydrogen-bond acceptors (Lipinski definition) is 4. The van der Waals surface area contributed by atoms with Crippen LogP contribution >= 0.6 is 0 Å². The molecule has 0 radical (unpaired) electrons. The van der Waals surface area contributed by atoms with Crippen LogP contribution in [-0.4, -0.2) is 38.6 Å². The van der Waals surface area contributed by atoms with Crippen LogP contribution in [-0.2, 0) is 13.6 Å². The van der Waals surface area contributed by atoms with E-state index in [9.17, 15) is 14.4 Å². The molecule has 4 amide bonds. The molecular weight excluding hydrogens is 334 g/mol. The lowest BCUT2D eigenvalue weighted by Crippen LogP contribution is -2.31. The topological polar surface area (TPSA) is 96.3 Å². The molecule has 8 nitrogen and oxygen atoms in total. The largest absolute Gasteiger partial charge is 0.334 e. The van der Waals surface area contributed by atoms with E-state index in [1.165, 1.54) is 4.90 Å². The zero-order chi connectivity index (χ0) is 18.4. The van der Waals surface area contributed by atoms with Crippen molar-refractivity contribution in [1.29, 1.82) is 0 Å². The van der Waals surface area contributed by atoms with E-state index < -0.39 is 0 Å². The number of benzene rings is 1. The molecule has 4 rings (SSSR count). The Hall–Kier alpha value is -3.16. The molecular formula is C18H19N5O3. The summed E-state index contributed by atoms with van der Waals surface area (Å²) in [6.07, 6.45) is 3.45. The van der Waals surface area contributed by atoms with Gasteiger partial charge in [0.25, 0.3) is 11.8 Å². The third kappa shape index (κ3) is 2.73. The van der Waals surface area contributed by atoms with Gasteiger partial charge in [-0.25, -0.2) is 4.79 Å². The number of aromatic nitrogens is 2. The summed E-state index contributed by atoms with van der Waals surface area (Å²) in [6, 6.07) is 4.44. The predicted molar refractivity (Wildman–Crippen MR) is 93.8 cm³/mol. The third-order valence-electron chi connectivity index (χ3n) is 4.86. The van der Waals surface area contributed by atoms with Crippen LogP contribution in [0.3, 0.4) is 0 Å². The van der Waals surface area contributed by atoms with Crippen molar-refractivity contribution in [2.45, 2.75) is 32.4 Å². The fraction of sp³-hybridized carbons (Fsp3) is 0.333. The molecule has 0 spiro atoms. The van der Waals surface area contributed by atoms with Crippen LogP contribution in [0.5, 0.6) is 0 Å². The van der Waals surface area contributed by atoms with Gasteiger partial charge >= 0.3 is 6.03 Å². The Bertz CT molecular complexity index is 929. The summed E-state index contributed by atoms with van der Waals surface area (Å²) in [4.78, 5) is 38.2. The monoisotopic (exact) mass is 353 g/mol. The van der Waals surface area contributed by atoms with Crippen LogP contribution in [0.4, 0.5) is 10.5 Å². The summed E-state index contributed by atoms with van der Waals surface area (Å²) in [5.41, 5.74) is 3.13. The Balaban J connectivity index is 1.43. The minimum Gasteiger partial charge on any atom is -0.334 e. The second-order valence-corrected chi connectivity index (χ2v) is 6.66. The van der Waals surface area contributed by atoms with Gasteiger partial charge in [0.1, 0.15) is 0 Å². The highest BCUT2D eigenvalue weighted by atomic mass is 16.2. The first-order chi connectivity index (χ1) is 12.5. The highest BCUT2D eigenvalue weighted by Gasteiger charge is 2.44. The van der Waals surface area contributed by atoms with Crippen molar-refractivity contribution in [2.24, 2.45) is 7.05 Å². The van der Waals surface area contributed by atoms with E-state index in [1.807, 2.05) is 14.0 Å². The number of anilines is 1. The number of nitrogens with one attached hydrogen (secondary N) is 2. The Morgan fingerprint density at radius 1 is 1.23 bits per heavy atom. The van der Waals surface area contributed by atoms with Gasteiger partial charge in [-0.3, -0.25) is 19.2 Å². The molecule has 0 unspecified atom stereocenters. The number of carbonyl (C=O) groups excluding carboxylic acids is 3. The molecule has 0 saturated heterocycles. The molecule has 2 heterocycles. The molecule has 1 aliphatic carbocycles.